The second kappa shape index (κ2) is 5.75. The highest BCUT2D eigenvalue weighted by atomic mass is 79.9. The van der Waals surface area contributed by atoms with Gasteiger partial charge in [-0.2, -0.15) is 0 Å². The Morgan fingerprint density at radius 2 is 1.94 bits per heavy atom. The van der Waals surface area contributed by atoms with E-state index in [2.05, 4.69) is 15.9 Å². The molecule has 0 radical (unpaired) electrons. The number of aliphatic carboxylic acids is 1. The standard InChI is InChI=1S/C11H9BrF2O2/c12-7-5-9(13)8(10(14)6-7)3-1-2-4-11(15)16/h1,3,5-6H,2,4H2,(H,15,16)/b3-1+. The maximum atomic E-state index is 13.3. The Labute approximate surface area is 99.7 Å². The van der Waals surface area contributed by atoms with E-state index in [1.165, 1.54) is 12.2 Å². The van der Waals surface area contributed by atoms with Crippen LogP contribution < -0.4 is 0 Å². The highest BCUT2D eigenvalue weighted by Crippen LogP contribution is 2.20. The lowest BCUT2D eigenvalue weighted by molar-refractivity contribution is -0.136. The predicted molar refractivity (Wildman–Crippen MR) is 60.0 cm³/mol. The summed E-state index contributed by atoms with van der Waals surface area (Å²) in [5, 5.41) is 8.37. The van der Waals surface area contributed by atoms with Gasteiger partial charge >= 0.3 is 5.97 Å². The number of halogens is 3. The van der Waals surface area contributed by atoms with E-state index in [1.54, 1.807) is 0 Å². The number of allylic oxidation sites excluding steroid dienone is 1. The van der Waals surface area contributed by atoms with Crippen molar-refractivity contribution in [1.82, 2.24) is 0 Å². The van der Waals surface area contributed by atoms with E-state index < -0.39 is 17.6 Å². The van der Waals surface area contributed by atoms with Crippen molar-refractivity contribution in [3.8, 4) is 0 Å². The number of benzene rings is 1. The maximum absolute atomic E-state index is 13.3. The van der Waals surface area contributed by atoms with E-state index in [0.717, 1.165) is 12.1 Å². The van der Waals surface area contributed by atoms with E-state index >= 15 is 0 Å². The van der Waals surface area contributed by atoms with Crippen LogP contribution in [0.15, 0.2) is 22.7 Å². The summed E-state index contributed by atoms with van der Waals surface area (Å²) in [6.45, 7) is 0. The Morgan fingerprint density at radius 1 is 1.38 bits per heavy atom. The first-order valence-electron chi connectivity index (χ1n) is 4.53. The summed E-state index contributed by atoms with van der Waals surface area (Å²) in [5.41, 5.74) is -0.159. The fraction of sp³-hybridized carbons (Fsp3) is 0.182. The molecule has 0 heterocycles. The number of carboxylic acid groups (broad SMARTS) is 1. The highest BCUT2D eigenvalue weighted by Gasteiger charge is 2.07. The summed E-state index contributed by atoms with van der Waals surface area (Å²) >= 11 is 2.97. The fourth-order valence-corrected chi connectivity index (χ4v) is 1.52. The second-order valence-corrected chi connectivity index (χ2v) is 4.03. The first-order chi connectivity index (χ1) is 7.50. The molecule has 1 aromatic carbocycles. The third kappa shape index (κ3) is 3.73. The normalized spacial score (nSPS) is 10.9. The van der Waals surface area contributed by atoms with E-state index in [-0.39, 0.29) is 18.4 Å². The molecule has 0 amide bonds. The number of carboxylic acids is 1. The molecule has 86 valence electrons. The van der Waals surface area contributed by atoms with Crippen molar-refractivity contribution in [2.45, 2.75) is 12.8 Å². The van der Waals surface area contributed by atoms with Gasteiger partial charge in [0.25, 0.3) is 0 Å². The largest absolute Gasteiger partial charge is 0.481 e. The summed E-state index contributed by atoms with van der Waals surface area (Å²) in [4.78, 5) is 10.2. The molecule has 16 heavy (non-hydrogen) atoms. The fourth-order valence-electron chi connectivity index (χ4n) is 1.12. The first-order valence-corrected chi connectivity index (χ1v) is 5.33. The van der Waals surface area contributed by atoms with Crippen LogP contribution in [0.25, 0.3) is 6.08 Å². The summed E-state index contributed by atoms with van der Waals surface area (Å²) in [7, 11) is 0. The molecule has 0 saturated heterocycles. The van der Waals surface area contributed by atoms with Crippen LogP contribution in [0.4, 0.5) is 8.78 Å². The minimum absolute atomic E-state index is 0.0593. The summed E-state index contributed by atoms with van der Waals surface area (Å²) in [6.07, 6.45) is 2.87. The van der Waals surface area contributed by atoms with Gasteiger partial charge in [0, 0.05) is 16.5 Å². The average Bonchev–Trinajstić information content (AvgIpc) is 2.14. The Kier molecular flexibility index (Phi) is 4.61. The number of rotatable bonds is 4. The molecule has 1 N–H and O–H groups in total. The predicted octanol–water partition coefficient (Wildman–Crippen LogP) is 3.61. The molecule has 1 aromatic rings. The summed E-state index contributed by atoms with van der Waals surface area (Å²) in [5.74, 6) is -2.31. The van der Waals surface area contributed by atoms with Crippen LogP contribution in [0.1, 0.15) is 18.4 Å². The lowest BCUT2D eigenvalue weighted by Crippen LogP contribution is -1.92. The zero-order chi connectivity index (χ0) is 12.1. The summed E-state index contributed by atoms with van der Waals surface area (Å²) in [6, 6.07) is 2.31. The molecular formula is C11H9BrF2O2. The van der Waals surface area contributed by atoms with Gasteiger partial charge in [-0.15, -0.1) is 0 Å². The van der Waals surface area contributed by atoms with Gasteiger partial charge in [0.15, 0.2) is 0 Å². The smallest absolute Gasteiger partial charge is 0.303 e. The minimum Gasteiger partial charge on any atom is -0.481 e. The SMILES string of the molecule is O=C(O)CC/C=C/c1c(F)cc(Br)cc1F. The van der Waals surface area contributed by atoms with E-state index in [9.17, 15) is 13.6 Å². The molecular weight excluding hydrogens is 282 g/mol. The van der Waals surface area contributed by atoms with Crippen molar-refractivity contribution in [3.63, 3.8) is 0 Å². The quantitative estimate of drug-likeness (QED) is 0.920. The third-order valence-electron chi connectivity index (χ3n) is 1.85. The zero-order valence-electron chi connectivity index (χ0n) is 8.21. The van der Waals surface area contributed by atoms with Crippen LogP contribution in [0, 0.1) is 11.6 Å². The third-order valence-corrected chi connectivity index (χ3v) is 2.31. The van der Waals surface area contributed by atoms with Gasteiger partial charge in [-0.1, -0.05) is 28.1 Å². The minimum atomic E-state index is -0.943. The molecule has 1 rings (SSSR count). The van der Waals surface area contributed by atoms with Crippen LogP contribution in [0.5, 0.6) is 0 Å². The molecule has 0 aromatic heterocycles. The van der Waals surface area contributed by atoms with Gasteiger partial charge in [-0.25, -0.2) is 8.78 Å². The van der Waals surface area contributed by atoms with Crippen molar-refractivity contribution < 1.29 is 18.7 Å². The van der Waals surface area contributed by atoms with Crippen molar-refractivity contribution in [3.05, 3.63) is 39.9 Å². The zero-order valence-corrected chi connectivity index (χ0v) is 9.80. The van der Waals surface area contributed by atoms with Crippen LogP contribution >= 0.6 is 15.9 Å². The average molecular weight is 291 g/mol. The van der Waals surface area contributed by atoms with E-state index in [0.29, 0.717) is 4.47 Å². The summed E-state index contributed by atoms with van der Waals surface area (Å²) < 4.78 is 26.8. The van der Waals surface area contributed by atoms with Crippen LogP contribution in [-0.4, -0.2) is 11.1 Å². The van der Waals surface area contributed by atoms with Gasteiger partial charge in [-0.05, 0) is 18.6 Å². The molecule has 0 bridgehead atoms. The van der Waals surface area contributed by atoms with Crippen LogP contribution in [-0.2, 0) is 4.79 Å². The molecule has 0 aliphatic carbocycles. The van der Waals surface area contributed by atoms with Crippen molar-refractivity contribution >= 4 is 28.0 Å². The topological polar surface area (TPSA) is 37.3 Å². The van der Waals surface area contributed by atoms with Gasteiger partial charge in [0.05, 0.1) is 0 Å². The molecule has 0 atom stereocenters. The van der Waals surface area contributed by atoms with Crippen molar-refractivity contribution in [2.75, 3.05) is 0 Å². The van der Waals surface area contributed by atoms with Gasteiger partial charge in [0.1, 0.15) is 11.6 Å². The molecule has 0 aliphatic heterocycles. The lowest BCUT2D eigenvalue weighted by atomic mass is 10.1. The number of carbonyl (C=O) groups is 1. The van der Waals surface area contributed by atoms with Gasteiger partial charge in [0.2, 0.25) is 0 Å². The lowest BCUT2D eigenvalue weighted by Gasteiger charge is -2.00. The van der Waals surface area contributed by atoms with Crippen molar-refractivity contribution in [1.29, 1.82) is 0 Å². The molecule has 2 nitrogen and oxygen atoms in total. The van der Waals surface area contributed by atoms with Gasteiger partial charge < -0.3 is 5.11 Å². The molecule has 0 aliphatic rings. The van der Waals surface area contributed by atoms with E-state index in [1.807, 2.05) is 0 Å². The monoisotopic (exact) mass is 290 g/mol. The number of hydrogen-bond donors (Lipinski definition) is 1. The van der Waals surface area contributed by atoms with E-state index in [4.69, 9.17) is 5.11 Å². The Balaban J connectivity index is 2.77. The van der Waals surface area contributed by atoms with Crippen LogP contribution in [0.2, 0.25) is 0 Å². The molecule has 0 saturated carbocycles. The maximum Gasteiger partial charge on any atom is 0.303 e. The highest BCUT2D eigenvalue weighted by molar-refractivity contribution is 9.10. The second-order valence-electron chi connectivity index (χ2n) is 3.12. The molecule has 0 fully saturated rings. The Morgan fingerprint density at radius 3 is 2.44 bits per heavy atom. The Hall–Kier alpha value is -1.23. The molecule has 0 unspecified atom stereocenters. The number of hydrogen-bond acceptors (Lipinski definition) is 1. The van der Waals surface area contributed by atoms with Gasteiger partial charge in [-0.3, -0.25) is 4.79 Å². The van der Waals surface area contributed by atoms with Crippen molar-refractivity contribution in [2.24, 2.45) is 0 Å². The molecule has 5 heteroatoms. The first kappa shape index (κ1) is 12.8. The van der Waals surface area contributed by atoms with Crippen LogP contribution in [0.3, 0.4) is 0 Å². The molecule has 0 spiro atoms. The Bertz CT molecular complexity index is 407.